The lowest BCUT2D eigenvalue weighted by Gasteiger charge is -2.12. The lowest BCUT2D eigenvalue weighted by molar-refractivity contribution is 0.501. The highest BCUT2D eigenvalue weighted by molar-refractivity contribution is 8.14. The van der Waals surface area contributed by atoms with Crippen LogP contribution in [0.15, 0.2) is 27.8 Å². The Balaban J connectivity index is 1.77. The Morgan fingerprint density at radius 1 is 1.62 bits per heavy atom. The number of rotatable bonds is 4. The Kier molecular flexibility index (Phi) is 3.93. The van der Waals surface area contributed by atoms with Gasteiger partial charge in [0.25, 0.3) is 0 Å². The van der Waals surface area contributed by atoms with Crippen LogP contribution >= 0.6 is 11.8 Å². The van der Waals surface area contributed by atoms with Gasteiger partial charge in [0.15, 0.2) is 5.17 Å². The first-order valence-corrected chi connectivity index (χ1v) is 6.70. The minimum absolute atomic E-state index is 0.576. The lowest BCUT2D eigenvalue weighted by Crippen LogP contribution is -2.31. The zero-order valence-corrected chi connectivity index (χ0v) is 10.6. The minimum atomic E-state index is 0.576. The Hall–Kier alpha value is -0.900. The molecule has 0 spiro atoms. The van der Waals surface area contributed by atoms with Crippen molar-refractivity contribution in [2.75, 3.05) is 12.3 Å². The van der Waals surface area contributed by atoms with Gasteiger partial charge in [0, 0.05) is 24.8 Å². The first-order chi connectivity index (χ1) is 7.75. The van der Waals surface area contributed by atoms with Crippen LogP contribution in [0.2, 0.25) is 0 Å². The normalized spacial score (nSPS) is 22.9. The molecule has 1 N–H and O–H groups in total. The number of amidine groups is 1. The summed E-state index contributed by atoms with van der Waals surface area (Å²) >= 11 is 1.82. The fraction of sp³-hybridized carbons (Fsp3) is 0.583. The second-order valence-electron chi connectivity index (χ2n) is 4.32. The first kappa shape index (κ1) is 11.6. The molecule has 0 aliphatic carbocycles. The third-order valence-electron chi connectivity index (χ3n) is 2.71. The molecule has 0 unspecified atom stereocenters. The second kappa shape index (κ2) is 5.43. The molecule has 2 heterocycles. The van der Waals surface area contributed by atoms with Crippen LogP contribution in [0, 0.1) is 5.92 Å². The van der Waals surface area contributed by atoms with Crippen molar-refractivity contribution in [3.8, 4) is 0 Å². The zero-order valence-electron chi connectivity index (χ0n) is 9.77. The fourth-order valence-electron chi connectivity index (χ4n) is 1.58. The average molecular weight is 238 g/mol. The molecule has 16 heavy (non-hydrogen) atoms. The molecule has 1 aromatic heterocycles. The van der Waals surface area contributed by atoms with Gasteiger partial charge in [0.1, 0.15) is 5.76 Å². The quantitative estimate of drug-likeness (QED) is 0.876. The zero-order chi connectivity index (χ0) is 11.4. The summed E-state index contributed by atoms with van der Waals surface area (Å²) in [6.45, 7) is 5.28. The maximum Gasteiger partial charge on any atom is 0.156 e. The fourth-order valence-corrected chi connectivity index (χ4v) is 2.81. The summed E-state index contributed by atoms with van der Waals surface area (Å²) < 4.78 is 5.26. The molecular formula is C12H18N2OS. The van der Waals surface area contributed by atoms with Gasteiger partial charge in [-0.25, -0.2) is 0 Å². The van der Waals surface area contributed by atoms with Crippen LogP contribution in [0.5, 0.6) is 0 Å². The molecule has 3 nitrogen and oxygen atoms in total. The number of hydrogen-bond donors (Lipinski definition) is 1. The average Bonchev–Trinajstić information content (AvgIpc) is 2.87. The Morgan fingerprint density at radius 2 is 2.50 bits per heavy atom. The van der Waals surface area contributed by atoms with Gasteiger partial charge < -0.3 is 9.73 Å². The third kappa shape index (κ3) is 3.04. The van der Waals surface area contributed by atoms with Crippen molar-refractivity contribution in [3.05, 3.63) is 24.2 Å². The lowest BCUT2D eigenvalue weighted by atomic mass is 10.1. The smallest absolute Gasteiger partial charge is 0.156 e. The first-order valence-electron chi connectivity index (χ1n) is 5.72. The summed E-state index contributed by atoms with van der Waals surface area (Å²) in [5.41, 5.74) is 0. The standard InChI is InChI=1S/C12H18N2OS/c1-9(2)11-8-16-12(14-11)13-6-5-10-4-3-7-15-10/h3-4,7,9,11H,5-6,8H2,1-2H3,(H,13,14)/t11-/m1/s1. The maximum atomic E-state index is 5.26. The molecular weight excluding hydrogens is 220 g/mol. The van der Waals surface area contributed by atoms with Gasteiger partial charge >= 0.3 is 0 Å². The van der Waals surface area contributed by atoms with Crippen LogP contribution in [0.3, 0.4) is 0 Å². The van der Waals surface area contributed by atoms with E-state index in [1.54, 1.807) is 6.26 Å². The Labute approximate surface area is 101 Å². The van der Waals surface area contributed by atoms with Crippen LogP contribution in [-0.2, 0) is 6.42 Å². The van der Waals surface area contributed by atoms with E-state index in [9.17, 15) is 0 Å². The van der Waals surface area contributed by atoms with E-state index < -0.39 is 0 Å². The summed E-state index contributed by atoms with van der Waals surface area (Å²) in [6.07, 6.45) is 2.59. The summed E-state index contributed by atoms with van der Waals surface area (Å²) in [7, 11) is 0. The van der Waals surface area contributed by atoms with Crippen molar-refractivity contribution in [2.24, 2.45) is 10.9 Å². The SMILES string of the molecule is CC(C)[C@H]1CSC(=NCCc2ccco2)N1. The van der Waals surface area contributed by atoms with Crippen molar-refractivity contribution in [1.29, 1.82) is 0 Å². The van der Waals surface area contributed by atoms with E-state index in [0.717, 1.165) is 29.6 Å². The molecule has 1 fully saturated rings. The van der Waals surface area contributed by atoms with Gasteiger partial charge in [-0.1, -0.05) is 25.6 Å². The molecule has 4 heteroatoms. The monoisotopic (exact) mass is 238 g/mol. The van der Waals surface area contributed by atoms with Crippen molar-refractivity contribution in [2.45, 2.75) is 26.3 Å². The minimum Gasteiger partial charge on any atom is -0.469 e. The van der Waals surface area contributed by atoms with Gasteiger partial charge in [0.05, 0.1) is 6.26 Å². The molecule has 0 saturated carbocycles. The van der Waals surface area contributed by atoms with Crippen LogP contribution < -0.4 is 5.32 Å². The largest absolute Gasteiger partial charge is 0.469 e. The summed E-state index contributed by atoms with van der Waals surface area (Å²) in [4.78, 5) is 4.54. The Morgan fingerprint density at radius 3 is 3.12 bits per heavy atom. The van der Waals surface area contributed by atoms with Crippen LogP contribution in [0.25, 0.3) is 0 Å². The second-order valence-corrected chi connectivity index (χ2v) is 5.33. The molecule has 1 aliphatic heterocycles. The number of hydrogen-bond acceptors (Lipinski definition) is 3. The number of aliphatic imine (C=N–C) groups is 1. The molecule has 1 atom stereocenters. The highest BCUT2D eigenvalue weighted by Crippen LogP contribution is 2.18. The van der Waals surface area contributed by atoms with E-state index in [1.165, 1.54) is 0 Å². The molecule has 0 aromatic carbocycles. The van der Waals surface area contributed by atoms with E-state index in [4.69, 9.17) is 4.42 Å². The van der Waals surface area contributed by atoms with Crippen LogP contribution in [0.4, 0.5) is 0 Å². The van der Waals surface area contributed by atoms with E-state index in [0.29, 0.717) is 12.0 Å². The molecule has 1 aromatic rings. The van der Waals surface area contributed by atoms with Crippen molar-refractivity contribution in [3.63, 3.8) is 0 Å². The van der Waals surface area contributed by atoms with E-state index in [2.05, 4.69) is 24.2 Å². The molecule has 2 rings (SSSR count). The predicted octanol–water partition coefficient (Wildman–Crippen LogP) is 2.54. The van der Waals surface area contributed by atoms with E-state index in [1.807, 2.05) is 23.9 Å². The number of furan rings is 1. The molecule has 88 valence electrons. The van der Waals surface area contributed by atoms with Crippen LogP contribution in [0.1, 0.15) is 19.6 Å². The summed E-state index contributed by atoms with van der Waals surface area (Å²) in [5, 5.41) is 4.54. The van der Waals surface area contributed by atoms with Gasteiger partial charge in [-0.2, -0.15) is 0 Å². The third-order valence-corrected chi connectivity index (χ3v) is 3.75. The summed E-state index contributed by atoms with van der Waals surface area (Å²) in [6, 6.07) is 4.49. The Bertz CT molecular complexity index is 346. The molecule has 0 bridgehead atoms. The van der Waals surface area contributed by atoms with Crippen molar-refractivity contribution >= 4 is 16.9 Å². The number of thioether (sulfide) groups is 1. The van der Waals surface area contributed by atoms with Gasteiger partial charge in [-0.3, -0.25) is 4.99 Å². The van der Waals surface area contributed by atoms with E-state index >= 15 is 0 Å². The van der Waals surface area contributed by atoms with Gasteiger partial charge in [0.2, 0.25) is 0 Å². The van der Waals surface area contributed by atoms with Crippen LogP contribution in [-0.4, -0.2) is 23.5 Å². The number of nitrogens with zero attached hydrogens (tertiary/aromatic N) is 1. The molecule has 0 radical (unpaired) electrons. The highest BCUT2D eigenvalue weighted by Gasteiger charge is 2.22. The molecule has 1 saturated heterocycles. The summed E-state index contributed by atoms with van der Waals surface area (Å²) in [5.74, 6) is 2.81. The molecule has 0 amide bonds. The van der Waals surface area contributed by atoms with Gasteiger partial charge in [-0.15, -0.1) is 0 Å². The van der Waals surface area contributed by atoms with Gasteiger partial charge in [-0.05, 0) is 18.1 Å². The van der Waals surface area contributed by atoms with Crippen molar-refractivity contribution in [1.82, 2.24) is 5.32 Å². The topological polar surface area (TPSA) is 37.5 Å². The predicted molar refractivity (Wildman–Crippen MR) is 68.9 cm³/mol. The van der Waals surface area contributed by atoms with Crippen molar-refractivity contribution < 1.29 is 4.42 Å². The van der Waals surface area contributed by atoms with E-state index in [-0.39, 0.29) is 0 Å². The number of nitrogens with one attached hydrogen (secondary N) is 1. The molecule has 1 aliphatic rings. The maximum absolute atomic E-state index is 5.26. The highest BCUT2D eigenvalue weighted by atomic mass is 32.2.